The molecule has 0 aliphatic carbocycles. The molecule has 4 nitrogen and oxygen atoms in total. The predicted octanol–water partition coefficient (Wildman–Crippen LogP) is 2.69. The van der Waals surface area contributed by atoms with Crippen molar-refractivity contribution in [2.24, 2.45) is 0 Å². The number of para-hydroxylation sites is 1. The van der Waals surface area contributed by atoms with Crippen molar-refractivity contribution in [3.05, 3.63) is 47.4 Å². The van der Waals surface area contributed by atoms with E-state index < -0.39 is 6.10 Å². The molecule has 1 atom stereocenters. The Morgan fingerprint density at radius 1 is 1.53 bits per heavy atom. The fraction of sp³-hybridized carbons (Fsp3) is 0.214. The Morgan fingerprint density at radius 3 is 3.00 bits per heavy atom. The minimum Gasteiger partial charge on any atom is -0.466 e. The maximum absolute atomic E-state index is 11.9. The molecule has 1 amide bonds. The average molecular weight is 277 g/mol. The highest BCUT2D eigenvalue weighted by Gasteiger charge is 2.34. The number of nitrogens with zero attached hydrogens (tertiary/aromatic N) is 1. The molecular formula is C14H13ClN2O2. The number of fused-ring (bicyclic) bond motifs is 1. The zero-order valence-electron chi connectivity index (χ0n) is 10.4. The molecule has 0 radical (unpaired) electrons. The van der Waals surface area contributed by atoms with E-state index in [9.17, 15) is 4.79 Å². The van der Waals surface area contributed by atoms with Gasteiger partial charge in [0, 0.05) is 25.1 Å². The smallest absolute Gasteiger partial charge is 0.270 e. The predicted molar refractivity (Wildman–Crippen MR) is 73.8 cm³/mol. The normalized spacial score (nSPS) is 19.3. The largest absolute Gasteiger partial charge is 0.466 e. The molecule has 3 rings (SSSR count). The van der Waals surface area contributed by atoms with Crippen molar-refractivity contribution in [2.75, 3.05) is 7.05 Å². The molecule has 2 heterocycles. The van der Waals surface area contributed by atoms with Crippen LogP contribution in [0.15, 0.2) is 36.9 Å². The van der Waals surface area contributed by atoms with Gasteiger partial charge in [0.15, 0.2) is 12.0 Å². The quantitative estimate of drug-likeness (QED) is 0.917. The van der Waals surface area contributed by atoms with E-state index in [1.165, 1.54) is 4.90 Å². The minimum atomic E-state index is -0.504. The van der Waals surface area contributed by atoms with Crippen molar-refractivity contribution in [3.8, 4) is 0 Å². The van der Waals surface area contributed by atoms with Gasteiger partial charge in [-0.15, -0.1) is 0 Å². The second-order valence-corrected chi connectivity index (χ2v) is 4.99. The summed E-state index contributed by atoms with van der Waals surface area (Å²) in [5.41, 5.74) is 1.90. The molecule has 19 heavy (non-hydrogen) atoms. The van der Waals surface area contributed by atoms with E-state index in [2.05, 4.69) is 11.6 Å². The Morgan fingerprint density at radius 2 is 2.32 bits per heavy atom. The molecule has 1 unspecified atom stereocenters. The van der Waals surface area contributed by atoms with Crippen LogP contribution in [0.5, 0.6) is 0 Å². The van der Waals surface area contributed by atoms with Crippen LogP contribution in [0, 0.1) is 0 Å². The van der Waals surface area contributed by atoms with Gasteiger partial charge in [-0.3, -0.25) is 9.69 Å². The van der Waals surface area contributed by atoms with Gasteiger partial charge in [-0.05, 0) is 18.2 Å². The Hall–Kier alpha value is -1.94. The zero-order chi connectivity index (χ0) is 13.6. The number of carbonyl (C=O) groups is 1. The van der Waals surface area contributed by atoms with Crippen LogP contribution < -0.4 is 0 Å². The van der Waals surface area contributed by atoms with E-state index >= 15 is 0 Å². The van der Waals surface area contributed by atoms with Crippen LogP contribution in [0.2, 0.25) is 5.02 Å². The van der Waals surface area contributed by atoms with Crippen LogP contribution in [0.4, 0.5) is 0 Å². The molecule has 1 N–H and O–H groups in total. The van der Waals surface area contributed by atoms with Crippen LogP contribution in [0.1, 0.15) is 5.56 Å². The molecule has 0 saturated carbocycles. The summed E-state index contributed by atoms with van der Waals surface area (Å²) in [6.45, 7) is 3.70. The van der Waals surface area contributed by atoms with Gasteiger partial charge in [-0.2, -0.15) is 0 Å². The number of nitrogens with one attached hydrogen (secondary N) is 1. The fourth-order valence-corrected chi connectivity index (χ4v) is 2.53. The van der Waals surface area contributed by atoms with Gasteiger partial charge in [0.1, 0.15) is 0 Å². The lowest BCUT2D eigenvalue weighted by atomic mass is 10.1. The number of aromatic nitrogens is 1. The van der Waals surface area contributed by atoms with E-state index in [0.717, 1.165) is 16.5 Å². The molecular weight excluding hydrogens is 264 g/mol. The van der Waals surface area contributed by atoms with E-state index in [1.807, 2.05) is 24.4 Å². The number of H-pyrrole nitrogens is 1. The number of likely N-dealkylation sites (N-methyl/N-ethyl adjacent to an activating group) is 1. The van der Waals surface area contributed by atoms with Crippen LogP contribution in [0.3, 0.4) is 0 Å². The Bertz CT molecular complexity index is 677. The first-order valence-electron chi connectivity index (χ1n) is 5.95. The fourth-order valence-electron chi connectivity index (χ4n) is 2.31. The van der Waals surface area contributed by atoms with Crippen LogP contribution >= 0.6 is 11.6 Å². The Labute approximate surface area is 115 Å². The van der Waals surface area contributed by atoms with E-state index in [1.54, 1.807) is 7.05 Å². The lowest BCUT2D eigenvalue weighted by Gasteiger charge is -2.06. The summed E-state index contributed by atoms with van der Waals surface area (Å²) in [5.74, 6) is 0.328. The van der Waals surface area contributed by atoms with Gasteiger partial charge in [-0.25, -0.2) is 0 Å². The first kappa shape index (κ1) is 12.1. The molecule has 0 spiro atoms. The summed E-state index contributed by atoms with van der Waals surface area (Å²) in [6.07, 6.45) is 1.87. The summed E-state index contributed by atoms with van der Waals surface area (Å²) in [4.78, 5) is 16.5. The first-order valence-corrected chi connectivity index (χ1v) is 6.33. The summed E-state index contributed by atoms with van der Waals surface area (Å²) >= 11 is 6.11. The highest BCUT2D eigenvalue weighted by Crippen LogP contribution is 2.28. The maximum Gasteiger partial charge on any atom is 0.270 e. The molecule has 0 bridgehead atoms. The minimum absolute atomic E-state index is 0.0682. The van der Waals surface area contributed by atoms with E-state index in [0.29, 0.717) is 17.3 Å². The zero-order valence-corrected chi connectivity index (χ0v) is 11.2. The number of hydrogen-bond donors (Lipinski definition) is 1. The number of benzene rings is 1. The number of amides is 1. The van der Waals surface area contributed by atoms with Crippen molar-refractivity contribution in [2.45, 2.75) is 12.5 Å². The summed E-state index contributed by atoms with van der Waals surface area (Å²) in [7, 11) is 1.66. The third-order valence-electron chi connectivity index (χ3n) is 3.41. The first-order chi connectivity index (χ1) is 9.08. The van der Waals surface area contributed by atoms with Crippen LogP contribution in [-0.2, 0) is 16.0 Å². The molecule has 5 heteroatoms. The molecule has 1 fully saturated rings. The number of carbonyl (C=O) groups excluding carboxylic acids is 1. The molecule has 1 aromatic heterocycles. The van der Waals surface area contributed by atoms with Gasteiger partial charge in [0.2, 0.25) is 0 Å². The molecule has 1 aliphatic heterocycles. The standard InChI is InChI=1S/C14H13ClN2O2/c1-8-17(2)14(18)12(19-8)6-9-7-16-13-10(9)4-3-5-11(13)15/h3-5,7,12,16H,1,6H2,2H3. The summed E-state index contributed by atoms with van der Waals surface area (Å²) < 4.78 is 5.47. The Balaban J connectivity index is 1.93. The van der Waals surface area contributed by atoms with Gasteiger partial charge in [0.25, 0.3) is 5.91 Å². The lowest BCUT2D eigenvalue weighted by Crippen LogP contribution is -2.26. The molecule has 1 aliphatic rings. The lowest BCUT2D eigenvalue weighted by molar-refractivity contribution is -0.128. The van der Waals surface area contributed by atoms with Gasteiger partial charge < -0.3 is 9.72 Å². The number of rotatable bonds is 2. The third-order valence-corrected chi connectivity index (χ3v) is 3.73. The van der Waals surface area contributed by atoms with Crippen LogP contribution in [-0.4, -0.2) is 28.9 Å². The summed E-state index contributed by atoms with van der Waals surface area (Å²) in [6, 6.07) is 5.70. The van der Waals surface area contributed by atoms with Gasteiger partial charge in [0.05, 0.1) is 10.5 Å². The van der Waals surface area contributed by atoms with Crippen molar-refractivity contribution >= 4 is 28.4 Å². The SMILES string of the molecule is C=C1OC(Cc2c[nH]c3c(Cl)cccc23)C(=O)N1C. The maximum atomic E-state index is 11.9. The molecule has 1 aromatic carbocycles. The molecule has 98 valence electrons. The molecule has 2 aromatic rings. The Kier molecular flexibility index (Phi) is 2.75. The number of aromatic amines is 1. The highest BCUT2D eigenvalue weighted by atomic mass is 35.5. The van der Waals surface area contributed by atoms with Crippen molar-refractivity contribution in [3.63, 3.8) is 0 Å². The monoisotopic (exact) mass is 276 g/mol. The number of ether oxygens (including phenoxy) is 1. The number of hydrogen-bond acceptors (Lipinski definition) is 2. The van der Waals surface area contributed by atoms with Crippen LogP contribution in [0.25, 0.3) is 10.9 Å². The molecule has 1 saturated heterocycles. The topological polar surface area (TPSA) is 45.3 Å². The van der Waals surface area contributed by atoms with E-state index in [4.69, 9.17) is 16.3 Å². The second kappa shape index (κ2) is 4.31. The third kappa shape index (κ3) is 1.88. The average Bonchev–Trinajstić information content (AvgIpc) is 2.90. The van der Waals surface area contributed by atoms with Gasteiger partial charge in [-0.1, -0.05) is 23.7 Å². The summed E-state index contributed by atoms with van der Waals surface area (Å²) in [5, 5.41) is 1.69. The van der Waals surface area contributed by atoms with Crippen molar-refractivity contribution in [1.29, 1.82) is 0 Å². The second-order valence-electron chi connectivity index (χ2n) is 4.58. The van der Waals surface area contributed by atoms with Crippen molar-refractivity contribution in [1.82, 2.24) is 9.88 Å². The van der Waals surface area contributed by atoms with Gasteiger partial charge >= 0.3 is 0 Å². The number of halogens is 1. The van der Waals surface area contributed by atoms with Crippen molar-refractivity contribution < 1.29 is 9.53 Å². The highest BCUT2D eigenvalue weighted by molar-refractivity contribution is 6.35. The van der Waals surface area contributed by atoms with E-state index in [-0.39, 0.29) is 5.91 Å².